The van der Waals surface area contributed by atoms with Gasteiger partial charge < -0.3 is 4.90 Å². The minimum absolute atomic E-state index is 0.0135. The molecule has 0 aromatic heterocycles. The molecule has 84 valence electrons. The van der Waals surface area contributed by atoms with E-state index in [0.29, 0.717) is 0 Å². The first kappa shape index (κ1) is 13.5. The van der Waals surface area contributed by atoms with Gasteiger partial charge in [-0.05, 0) is 10.8 Å². The van der Waals surface area contributed by atoms with Gasteiger partial charge in [-0.1, -0.05) is 41.5 Å². The molecule has 0 fully saturated rings. The molecule has 0 rings (SSSR count). The van der Waals surface area contributed by atoms with Gasteiger partial charge in [0.15, 0.2) is 0 Å². The lowest BCUT2D eigenvalue weighted by Gasteiger charge is -2.40. The van der Waals surface area contributed by atoms with E-state index in [1.54, 1.807) is 4.90 Å². The van der Waals surface area contributed by atoms with Crippen molar-refractivity contribution in [2.75, 3.05) is 14.1 Å². The Bertz CT molecular complexity index is 191. The number of carbonyl (C=O) groups excluding carboxylic acids is 1. The van der Waals surface area contributed by atoms with Crippen molar-refractivity contribution >= 4 is 5.91 Å². The summed E-state index contributed by atoms with van der Waals surface area (Å²) < 4.78 is 0. The second kappa shape index (κ2) is 3.92. The van der Waals surface area contributed by atoms with Crippen LogP contribution in [-0.2, 0) is 4.79 Å². The van der Waals surface area contributed by atoms with E-state index in [0.717, 1.165) is 0 Å². The Morgan fingerprint density at radius 2 is 1.21 bits per heavy atom. The number of hydrogen-bond donors (Lipinski definition) is 0. The predicted octanol–water partition coefficient (Wildman–Crippen LogP) is 2.78. The van der Waals surface area contributed by atoms with Gasteiger partial charge in [0.2, 0.25) is 5.91 Å². The van der Waals surface area contributed by atoms with Gasteiger partial charge in [-0.15, -0.1) is 0 Å². The summed E-state index contributed by atoms with van der Waals surface area (Å²) in [6, 6.07) is 0. The lowest BCUT2D eigenvalue weighted by atomic mass is 9.66. The van der Waals surface area contributed by atoms with Crippen LogP contribution in [0.4, 0.5) is 0 Å². The molecule has 0 radical (unpaired) electrons. The molecule has 2 nitrogen and oxygen atoms in total. The van der Waals surface area contributed by atoms with E-state index < -0.39 is 0 Å². The monoisotopic (exact) mass is 199 g/mol. The summed E-state index contributed by atoms with van der Waals surface area (Å²) in [5.74, 6) is 0.287. The molecule has 0 bridgehead atoms. The predicted molar refractivity (Wildman–Crippen MR) is 61.1 cm³/mol. The maximum absolute atomic E-state index is 12.1. The van der Waals surface area contributed by atoms with Crippen LogP contribution in [0.5, 0.6) is 0 Å². The molecule has 0 spiro atoms. The third-order valence-electron chi connectivity index (χ3n) is 2.42. The average molecular weight is 199 g/mol. The lowest BCUT2D eigenvalue weighted by Crippen LogP contribution is -2.44. The number of carbonyl (C=O) groups is 1. The highest BCUT2D eigenvalue weighted by atomic mass is 16.2. The fraction of sp³-hybridized carbons (Fsp3) is 0.917. The summed E-state index contributed by atoms with van der Waals surface area (Å²) in [5.41, 5.74) is 0.0270. The van der Waals surface area contributed by atoms with Crippen LogP contribution in [0.15, 0.2) is 0 Å². The van der Waals surface area contributed by atoms with Crippen LogP contribution >= 0.6 is 0 Å². The molecule has 14 heavy (non-hydrogen) atoms. The molecule has 0 aliphatic carbocycles. The molecule has 1 amide bonds. The van der Waals surface area contributed by atoms with Gasteiger partial charge in [-0.2, -0.15) is 0 Å². The van der Waals surface area contributed by atoms with E-state index >= 15 is 0 Å². The van der Waals surface area contributed by atoms with Gasteiger partial charge in [0.25, 0.3) is 0 Å². The second-order valence-electron chi connectivity index (χ2n) is 6.40. The van der Waals surface area contributed by atoms with E-state index in [1.807, 2.05) is 14.1 Å². The van der Waals surface area contributed by atoms with Crippen molar-refractivity contribution in [3.8, 4) is 0 Å². The molecule has 0 saturated heterocycles. The van der Waals surface area contributed by atoms with E-state index in [9.17, 15) is 4.79 Å². The SMILES string of the molecule is CN(C)C(=O)C(C(C)(C)C)C(C)(C)C. The maximum atomic E-state index is 12.1. The summed E-state index contributed by atoms with van der Waals surface area (Å²) in [6.07, 6.45) is 0. The molecular formula is C12H25NO. The van der Waals surface area contributed by atoms with Crippen molar-refractivity contribution in [3.05, 3.63) is 0 Å². The molecule has 0 aliphatic heterocycles. The molecular weight excluding hydrogens is 174 g/mol. The van der Waals surface area contributed by atoms with E-state index in [2.05, 4.69) is 41.5 Å². The fourth-order valence-electron chi connectivity index (χ4n) is 2.30. The van der Waals surface area contributed by atoms with Crippen LogP contribution in [0.2, 0.25) is 0 Å². The Balaban J connectivity index is 5.05. The van der Waals surface area contributed by atoms with Gasteiger partial charge in [-0.25, -0.2) is 0 Å². The van der Waals surface area contributed by atoms with Crippen molar-refractivity contribution < 1.29 is 4.79 Å². The Labute approximate surface area is 88.7 Å². The highest BCUT2D eigenvalue weighted by Crippen LogP contribution is 2.40. The second-order valence-corrected chi connectivity index (χ2v) is 6.40. The topological polar surface area (TPSA) is 20.3 Å². The fourth-order valence-corrected chi connectivity index (χ4v) is 2.30. The standard InChI is InChI=1S/C12H25NO/c1-11(2,3)9(12(4,5)6)10(14)13(7)8/h9H,1-8H3. The van der Waals surface area contributed by atoms with Gasteiger partial charge in [0.05, 0.1) is 0 Å². The van der Waals surface area contributed by atoms with Crippen molar-refractivity contribution in [2.45, 2.75) is 41.5 Å². The Morgan fingerprint density at radius 1 is 0.929 bits per heavy atom. The normalized spacial score (nSPS) is 13.2. The van der Waals surface area contributed by atoms with Crippen LogP contribution in [-0.4, -0.2) is 24.9 Å². The minimum atomic E-state index is 0.0135. The van der Waals surface area contributed by atoms with Crippen LogP contribution < -0.4 is 0 Å². The largest absolute Gasteiger partial charge is 0.349 e. The van der Waals surface area contributed by atoms with Crippen LogP contribution in [0.3, 0.4) is 0 Å². The van der Waals surface area contributed by atoms with Crippen LogP contribution in [0.25, 0.3) is 0 Å². The first-order chi connectivity index (χ1) is 5.98. The number of amides is 1. The van der Waals surface area contributed by atoms with Gasteiger partial charge in [0, 0.05) is 20.0 Å². The zero-order chi connectivity index (χ0) is 11.7. The minimum Gasteiger partial charge on any atom is -0.349 e. The molecule has 0 aliphatic rings. The zero-order valence-corrected chi connectivity index (χ0v) is 10.9. The smallest absolute Gasteiger partial charge is 0.226 e. The van der Waals surface area contributed by atoms with Crippen LogP contribution in [0, 0.1) is 16.7 Å². The van der Waals surface area contributed by atoms with E-state index in [-0.39, 0.29) is 22.7 Å². The highest BCUT2D eigenvalue weighted by Gasteiger charge is 2.40. The highest BCUT2D eigenvalue weighted by molar-refractivity contribution is 5.79. The number of nitrogens with zero attached hydrogens (tertiary/aromatic N) is 1. The van der Waals surface area contributed by atoms with Crippen molar-refractivity contribution in [2.24, 2.45) is 16.7 Å². The van der Waals surface area contributed by atoms with E-state index in [1.165, 1.54) is 0 Å². The number of rotatable bonds is 1. The summed E-state index contributed by atoms with van der Waals surface area (Å²) in [6.45, 7) is 12.8. The average Bonchev–Trinajstić information content (AvgIpc) is 1.79. The van der Waals surface area contributed by atoms with Crippen molar-refractivity contribution in [1.82, 2.24) is 4.90 Å². The number of hydrogen-bond acceptors (Lipinski definition) is 1. The van der Waals surface area contributed by atoms with Crippen LogP contribution in [0.1, 0.15) is 41.5 Å². The molecule has 0 unspecified atom stereocenters. The lowest BCUT2D eigenvalue weighted by molar-refractivity contribution is -0.141. The zero-order valence-electron chi connectivity index (χ0n) is 10.9. The molecule has 0 heterocycles. The third kappa shape index (κ3) is 3.32. The van der Waals surface area contributed by atoms with Gasteiger partial charge >= 0.3 is 0 Å². The quantitative estimate of drug-likeness (QED) is 0.636. The molecule has 0 aromatic carbocycles. The van der Waals surface area contributed by atoms with Gasteiger partial charge in [0.1, 0.15) is 0 Å². The molecule has 0 aromatic rings. The summed E-state index contributed by atoms with van der Waals surface area (Å²) >= 11 is 0. The molecule has 2 heteroatoms. The summed E-state index contributed by atoms with van der Waals surface area (Å²) in [7, 11) is 3.65. The Morgan fingerprint density at radius 3 is 1.29 bits per heavy atom. The molecule has 0 N–H and O–H groups in total. The maximum Gasteiger partial charge on any atom is 0.226 e. The van der Waals surface area contributed by atoms with Gasteiger partial charge in [-0.3, -0.25) is 4.79 Å². The molecule has 0 atom stereocenters. The summed E-state index contributed by atoms with van der Waals surface area (Å²) in [4.78, 5) is 13.8. The third-order valence-corrected chi connectivity index (χ3v) is 2.42. The first-order valence-electron chi connectivity index (χ1n) is 5.19. The summed E-state index contributed by atoms with van der Waals surface area (Å²) in [5, 5.41) is 0. The Kier molecular flexibility index (Phi) is 3.77. The first-order valence-corrected chi connectivity index (χ1v) is 5.19. The van der Waals surface area contributed by atoms with E-state index in [4.69, 9.17) is 0 Å². The van der Waals surface area contributed by atoms with Crippen molar-refractivity contribution in [1.29, 1.82) is 0 Å². The molecule has 0 saturated carbocycles. The Hall–Kier alpha value is -0.530. The van der Waals surface area contributed by atoms with Crippen molar-refractivity contribution in [3.63, 3.8) is 0 Å².